The number of H-pyrrole nitrogens is 2. The molecule has 2 rings (SSSR count). The lowest BCUT2D eigenvalue weighted by Gasteiger charge is -2.28. The maximum atomic E-state index is 11.8. The summed E-state index contributed by atoms with van der Waals surface area (Å²) < 4.78 is 0. The summed E-state index contributed by atoms with van der Waals surface area (Å²) in [5, 5.41) is 12.3. The highest BCUT2D eigenvalue weighted by Crippen LogP contribution is 2.18. The Balaban J connectivity index is 2.12. The molecule has 1 aromatic rings. The summed E-state index contributed by atoms with van der Waals surface area (Å²) in [5.74, 6) is -0.585. The molecule has 0 bridgehead atoms. The normalized spacial score (nSPS) is 23.6. The van der Waals surface area contributed by atoms with Crippen LogP contribution < -0.4 is 16.6 Å². The number of carbonyl (C=O) groups excluding carboxylic acids is 1. The fourth-order valence-corrected chi connectivity index (χ4v) is 2.10. The Morgan fingerprint density at radius 3 is 2.72 bits per heavy atom. The molecule has 0 saturated heterocycles. The Labute approximate surface area is 102 Å². The van der Waals surface area contributed by atoms with Gasteiger partial charge in [0.05, 0.1) is 12.1 Å². The van der Waals surface area contributed by atoms with Gasteiger partial charge >= 0.3 is 5.69 Å². The molecule has 1 saturated carbocycles. The standard InChI is InChI=1S/C11H15N3O4/c15-8-4-2-1-3-7(8)13-9(16)6-5-12-11(18)14-10(6)17/h5,7-8,15H,1-4H2,(H,13,16)(H2,12,14,17,18)/t7-,8-/m1/s1. The monoisotopic (exact) mass is 253 g/mol. The van der Waals surface area contributed by atoms with Gasteiger partial charge in [-0.3, -0.25) is 14.6 Å². The van der Waals surface area contributed by atoms with Crippen molar-refractivity contribution in [1.29, 1.82) is 0 Å². The fourth-order valence-electron chi connectivity index (χ4n) is 2.10. The van der Waals surface area contributed by atoms with Crippen LogP contribution in [-0.2, 0) is 0 Å². The van der Waals surface area contributed by atoms with Gasteiger partial charge in [-0.25, -0.2) is 4.79 Å². The molecule has 0 aliphatic heterocycles. The van der Waals surface area contributed by atoms with E-state index in [2.05, 4.69) is 10.3 Å². The average Bonchev–Trinajstić information content (AvgIpc) is 2.32. The minimum Gasteiger partial charge on any atom is -0.391 e. The van der Waals surface area contributed by atoms with Crippen molar-refractivity contribution in [3.05, 3.63) is 32.6 Å². The van der Waals surface area contributed by atoms with Gasteiger partial charge in [-0.05, 0) is 12.8 Å². The van der Waals surface area contributed by atoms with Crippen LogP contribution in [0.1, 0.15) is 36.0 Å². The van der Waals surface area contributed by atoms with Crippen LogP contribution in [0, 0.1) is 0 Å². The van der Waals surface area contributed by atoms with Crippen molar-refractivity contribution in [3.63, 3.8) is 0 Å². The SMILES string of the molecule is O=C(N[C@@H]1CCCC[C@H]1O)c1c[nH]c(=O)[nH]c1=O. The predicted molar refractivity (Wildman–Crippen MR) is 63.4 cm³/mol. The minimum absolute atomic E-state index is 0.160. The zero-order valence-electron chi connectivity index (χ0n) is 9.73. The lowest BCUT2D eigenvalue weighted by atomic mass is 9.92. The molecule has 0 radical (unpaired) electrons. The molecule has 1 aliphatic carbocycles. The molecule has 1 aliphatic rings. The average molecular weight is 253 g/mol. The first-order valence-corrected chi connectivity index (χ1v) is 5.89. The number of aromatic nitrogens is 2. The van der Waals surface area contributed by atoms with Gasteiger partial charge in [-0.2, -0.15) is 0 Å². The summed E-state index contributed by atoms with van der Waals surface area (Å²) in [7, 11) is 0. The molecule has 1 aromatic heterocycles. The molecule has 2 atom stereocenters. The van der Waals surface area contributed by atoms with Crippen LogP contribution in [-0.4, -0.2) is 33.1 Å². The number of carbonyl (C=O) groups is 1. The number of rotatable bonds is 2. The Bertz CT molecular complexity index is 548. The van der Waals surface area contributed by atoms with Gasteiger partial charge in [0.2, 0.25) is 0 Å². The number of hydrogen-bond acceptors (Lipinski definition) is 4. The first-order valence-electron chi connectivity index (χ1n) is 5.89. The second kappa shape index (κ2) is 5.18. The molecule has 7 heteroatoms. The fraction of sp³-hybridized carbons (Fsp3) is 0.545. The Kier molecular flexibility index (Phi) is 3.61. The van der Waals surface area contributed by atoms with Gasteiger partial charge in [0.15, 0.2) is 0 Å². The molecule has 18 heavy (non-hydrogen) atoms. The number of nitrogens with one attached hydrogen (secondary N) is 3. The highest BCUT2D eigenvalue weighted by atomic mass is 16.3. The second-order valence-corrected chi connectivity index (χ2v) is 4.42. The van der Waals surface area contributed by atoms with Gasteiger partial charge in [0, 0.05) is 6.20 Å². The van der Waals surface area contributed by atoms with Gasteiger partial charge in [-0.1, -0.05) is 12.8 Å². The van der Waals surface area contributed by atoms with Crippen LogP contribution in [0.5, 0.6) is 0 Å². The quantitative estimate of drug-likeness (QED) is 0.546. The Morgan fingerprint density at radius 1 is 1.33 bits per heavy atom. The Hall–Kier alpha value is -1.89. The van der Waals surface area contributed by atoms with E-state index in [9.17, 15) is 19.5 Å². The van der Waals surface area contributed by atoms with Crippen molar-refractivity contribution < 1.29 is 9.90 Å². The van der Waals surface area contributed by atoms with Gasteiger partial charge in [-0.15, -0.1) is 0 Å². The molecule has 98 valence electrons. The van der Waals surface area contributed by atoms with E-state index >= 15 is 0 Å². The number of amides is 1. The third kappa shape index (κ3) is 2.67. The third-order valence-electron chi connectivity index (χ3n) is 3.11. The maximum Gasteiger partial charge on any atom is 0.325 e. The minimum atomic E-state index is -0.735. The number of aliphatic hydroxyl groups excluding tert-OH is 1. The highest BCUT2D eigenvalue weighted by molar-refractivity contribution is 5.93. The summed E-state index contributed by atoms with van der Waals surface area (Å²) in [6.45, 7) is 0. The molecular weight excluding hydrogens is 238 g/mol. The zero-order chi connectivity index (χ0) is 13.1. The van der Waals surface area contributed by atoms with Crippen molar-refractivity contribution in [2.75, 3.05) is 0 Å². The van der Waals surface area contributed by atoms with Crippen LogP contribution in [0.2, 0.25) is 0 Å². The first kappa shape index (κ1) is 12.6. The molecule has 1 amide bonds. The van der Waals surface area contributed by atoms with E-state index < -0.39 is 23.3 Å². The molecule has 4 N–H and O–H groups in total. The summed E-state index contributed by atoms with van der Waals surface area (Å²) >= 11 is 0. The van der Waals surface area contributed by atoms with Crippen LogP contribution in [0.15, 0.2) is 15.8 Å². The summed E-state index contributed by atoms with van der Waals surface area (Å²) in [4.78, 5) is 38.3. The van der Waals surface area contributed by atoms with Crippen molar-refractivity contribution in [1.82, 2.24) is 15.3 Å². The summed E-state index contributed by atoms with van der Waals surface area (Å²) in [6.07, 6.45) is 3.70. The molecule has 7 nitrogen and oxygen atoms in total. The third-order valence-corrected chi connectivity index (χ3v) is 3.11. The lowest BCUT2D eigenvalue weighted by molar-refractivity contribution is 0.0716. The van der Waals surface area contributed by atoms with Crippen LogP contribution >= 0.6 is 0 Å². The topological polar surface area (TPSA) is 115 Å². The van der Waals surface area contributed by atoms with Gasteiger partial charge < -0.3 is 15.4 Å². The zero-order valence-corrected chi connectivity index (χ0v) is 9.73. The van der Waals surface area contributed by atoms with E-state index in [0.29, 0.717) is 12.8 Å². The number of aromatic amines is 2. The lowest BCUT2D eigenvalue weighted by Crippen LogP contribution is -2.46. The molecule has 1 heterocycles. The Morgan fingerprint density at radius 2 is 2.06 bits per heavy atom. The molecule has 1 fully saturated rings. The van der Waals surface area contributed by atoms with Crippen molar-refractivity contribution in [3.8, 4) is 0 Å². The van der Waals surface area contributed by atoms with Gasteiger partial charge in [0.1, 0.15) is 5.56 Å². The van der Waals surface area contributed by atoms with Crippen molar-refractivity contribution in [2.45, 2.75) is 37.8 Å². The van der Waals surface area contributed by atoms with Gasteiger partial charge in [0.25, 0.3) is 11.5 Å². The van der Waals surface area contributed by atoms with E-state index in [-0.39, 0.29) is 11.6 Å². The molecule has 0 unspecified atom stereocenters. The van der Waals surface area contributed by atoms with Crippen LogP contribution in [0.4, 0.5) is 0 Å². The number of hydrogen-bond donors (Lipinski definition) is 4. The van der Waals surface area contributed by atoms with E-state index in [1.807, 2.05) is 4.98 Å². The van der Waals surface area contributed by atoms with Crippen molar-refractivity contribution in [2.24, 2.45) is 0 Å². The van der Waals surface area contributed by atoms with E-state index in [4.69, 9.17) is 0 Å². The summed E-state index contributed by atoms with van der Waals surface area (Å²) in [6, 6.07) is -0.336. The van der Waals surface area contributed by atoms with E-state index in [1.165, 1.54) is 0 Å². The smallest absolute Gasteiger partial charge is 0.325 e. The largest absolute Gasteiger partial charge is 0.391 e. The molecular formula is C11H15N3O4. The molecule has 0 spiro atoms. The van der Waals surface area contributed by atoms with E-state index in [1.54, 1.807) is 0 Å². The second-order valence-electron chi connectivity index (χ2n) is 4.42. The maximum absolute atomic E-state index is 11.8. The predicted octanol–water partition coefficient (Wildman–Crippen LogP) is -0.903. The number of aliphatic hydroxyl groups is 1. The first-order chi connectivity index (χ1) is 8.58. The van der Waals surface area contributed by atoms with Crippen molar-refractivity contribution >= 4 is 5.91 Å². The van der Waals surface area contributed by atoms with Crippen LogP contribution in [0.3, 0.4) is 0 Å². The molecule has 0 aromatic carbocycles. The van der Waals surface area contributed by atoms with E-state index in [0.717, 1.165) is 19.0 Å². The summed E-state index contributed by atoms with van der Waals surface area (Å²) in [5.41, 5.74) is -1.55. The van der Waals surface area contributed by atoms with Crippen LogP contribution in [0.25, 0.3) is 0 Å². The highest BCUT2D eigenvalue weighted by Gasteiger charge is 2.25.